The van der Waals surface area contributed by atoms with Gasteiger partial charge in [0.05, 0.1) is 12.8 Å². The van der Waals surface area contributed by atoms with Crippen molar-refractivity contribution < 1.29 is 9.53 Å². The number of hydrogen-bond donors (Lipinski definition) is 2. The minimum absolute atomic E-state index is 0.374. The summed E-state index contributed by atoms with van der Waals surface area (Å²) in [7, 11) is 1.36. The summed E-state index contributed by atoms with van der Waals surface area (Å²) < 4.78 is 4.73. The fourth-order valence-electron chi connectivity index (χ4n) is 1.76. The molecule has 0 bridgehead atoms. The van der Waals surface area contributed by atoms with Crippen LogP contribution in [-0.2, 0) is 4.74 Å². The number of carbonyl (C=O) groups is 1. The van der Waals surface area contributed by atoms with Gasteiger partial charge in [0.25, 0.3) is 0 Å². The molecule has 21 heavy (non-hydrogen) atoms. The lowest BCUT2D eigenvalue weighted by atomic mass is 10.1. The molecule has 0 aliphatic carbocycles. The van der Waals surface area contributed by atoms with Crippen LogP contribution in [0.2, 0.25) is 0 Å². The van der Waals surface area contributed by atoms with Crippen LogP contribution < -0.4 is 10.6 Å². The molecule has 0 aliphatic heterocycles. The Morgan fingerprint density at radius 3 is 2.62 bits per heavy atom. The third-order valence-electron chi connectivity index (χ3n) is 3.05. The molecule has 0 fully saturated rings. The van der Waals surface area contributed by atoms with E-state index in [1.54, 1.807) is 6.07 Å². The lowest BCUT2D eigenvalue weighted by Gasteiger charge is -2.11. The van der Waals surface area contributed by atoms with Crippen molar-refractivity contribution in [2.45, 2.75) is 13.8 Å². The highest BCUT2D eigenvalue weighted by molar-refractivity contribution is 7.80. The third-order valence-corrected chi connectivity index (χ3v) is 4.15. The van der Waals surface area contributed by atoms with E-state index in [1.807, 2.05) is 30.5 Å². The highest BCUT2D eigenvalue weighted by Crippen LogP contribution is 2.23. The van der Waals surface area contributed by atoms with Crippen molar-refractivity contribution in [2.75, 3.05) is 17.7 Å². The predicted octanol–water partition coefficient (Wildman–Crippen LogP) is 3.96. The maximum atomic E-state index is 11.6. The summed E-state index contributed by atoms with van der Waals surface area (Å²) in [6.07, 6.45) is 0. The standard InChI is InChI=1S/C15H16N2O2S2/c1-9-4-5-11(8-10(9)2)16-15(20)17-12-6-7-21-13(12)14(18)19-3/h4-8H,1-3H3,(H2,16,17,20). The number of ether oxygens (including phenoxy) is 1. The number of esters is 1. The number of aryl methyl sites for hydroxylation is 2. The van der Waals surface area contributed by atoms with Gasteiger partial charge in [-0.1, -0.05) is 6.07 Å². The van der Waals surface area contributed by atoms with Crippen LogP contribution in [0, 0.1) is 13.8 Å². The molecule has 1 heterocycles. The molecule has 110 valence electrons. The Bertz CT molecular complexity index is 680. The fraction of sp³-hybridized carbons (Fsp3) is 0.200. The van der Waals surface area contributed by atoms with E-state index in [9.17, 15) is 4.79 Å². The maximum Gasteiger partial charge on any atom is 0.350 e. The Hall–Kier alpha value is -1.92. The Labute approximate surface area is 133 Å². The Morgan fingerprint density at radius 1 is 1.19 bits per heavy atom. The molecule has 2 N–H and O–H groups in total. The second-order valence-corrected chi connectivity index (χ2v) is 5.86. The number of thiophene rings is 1. The van der Waals surface area contributed by atoms with Crippen molar-refractivity contribution in [3.8, 4) is 0 Å². The summed E-state index contributed by atoms with van der Waals surface area (Å²) in [5.41, 5.74) is 3.97. The van der Waals surface area contributed by atoms with Gasteiger partial charge in [-0.15, -0.1) is 11.3 Å². The number of thiocarbonyl (C=S) groups is 1. The molecule has 6 heteroatoms. The number of anilines is 2. The number of rotatable bonds is 3. The van der Waals surface area contributed by atoms with E-state index in [1.165, 1.54) is 29.6 Å². The molecule has 0 amide bonds. The quantitative estimate of drug-likeness (QED) is 0.662. The van der Waals surface area contributed by atoms with Crippen molar-refractivity contribution in [1.29, 1.82) is 0 Å². The maximum absolute atomic E-state index is 11.6. The molecule has 1 aromatic carbocycles. The van der Waals surface area contributed by atoms with E-state index in [-0.39, 0.29) is 5.97 Å². The molecule has 2 aromatic rings. The topological polar surface area (TPSA) is 50.4 Å². The molecule has 0 radical (unpaired) electrons. The summed E-state index contributed by atoms with van der Waals surface area (Å²) in [4.78, 5) is 12.1. The first kappa shape index (κ1) is 15.5. The van der Waals surface area contributed by atoms with Gasteiger partial charge in [0.2, 0.25) is 0 Å². The van der Waals surface area contributed by atoms with Crippen LogP contribution in [0.15, 0.2) is 29.6 Å². The number of hydrogen-bond acceptors (Lipinski definition) is 4. The molecule has 4 nitrogen and oxygen atoms in total. The summed E-state index contributed by atoms with van der Waals surface area (Å²) >= 11 is 6.58. The van der Waals surface area contributed by atoms with Gasteiger partial charge in [0.15, 0.2) is 5.11 Å². The van der Waals surface area contributed by atoms with Crippen molar-refractivity contribution in [2.24, 2.45) is 0 Å². The second kappa shape index (κ2) is 6.69. The molecular formula is C15H16N2O2S2. The number of benzene rings is 1. The molecule has 1 aromatic heterocycles. The molecule has 0 saturated heterocycles. The van der Waals surface area contributed by atoms with Gasteiger partial charge in [-0.25, -0.2) is 4.79 Å². The first-order chi connectivity index (χ1) is 10.0. The molecule has 0 saturated carbocycles. The molecule has 2 rings (SSSR count). The summed E-state index contributed by atoms with van der Waals surface area (Å²) in [6, 6.07) is 7.82. The normalized spacial score (nSPS) is 10.0. The lowest BCUT2D eigenvalue weighted by molar-refractivity contribution is 0.0607. The monoisotopic (exact) mass is 320 g/mol. The van der Waals surface area contributed by atoms with E-state index in [4.69, 9.17) is 17.0 Å². The van der Waals surface area contributed by atoms with Crippen molar-refractivity contribution >= 4 is 46.0 Å². The summed E-state index contributed by atoms with van der Waals surface area (Å²) in [5.74, 6) is -0.374. The van der Waals surface area contributed by atoms with Gasteiger partial charge in [0.1, 0.15) is 4.88 Å². The van der Waals surface area contributed by atoms with Gasteiger partial charge in [-0.3, -0.25) is 0 Å². The SMILES string of the molecule is COC(=O)c1sccc1NC(=S)Nc1ccc(C)c(C)c1. The lowest BCUT2D eigenvalue weighted by Crippen LogP contribution is -2.20. The minimum Gasteiger partial charge on any atom is -0.465 e. The molecular weight excluding hydrogens is 304 g/mol. The first-order valence-electron chi connectivity index (χ1n) is 6.32. The van der Waals surface area contributed by atoms with Crippen LogP contribution in [0.1, 0.15) is 20.8 Å². The Morgan fingerprint density at radius 2 is 1.95 bits per heavy atom. The number of nitrogens with one attached hydrogen (secondary N) is 2. The zero-order valence-electron chi connectivity index (χ0n) is 12.0. The zero-order valence-corrected chi connectivity index (χ0v) is 13.7. The summed E-state index contributed by atoms with van der Waals surface area (Å²) in [6.45, 7) is 4.11. The predicted molar refractivity (Wildman–Crippen MR) is 91.4 cm³/mol. The average Bonchev–Trinajstić information content (AvgIpc) is 2.90. The molecule has 0 unspecified atom stereocenters. The van der Waals surface area contributed by atoms with Crippen LogP contribution in [-0.4, -0.2) is 18.2 Å². The van der Waals surface area contributed by atoms with Gasteiger partial charge >= 0.3 is 5.97 Å². The van der Waals surface area contributed by atoms with E-state index in [0.717, 1.165) is 5.69 Å². The van der Waals surface area contributed by atoms with Crippen LogP contribution >= 0.6 is 23.6 Å². The average molecular weight is 320 g/mol. The van der Waals surface area contributed by atoms with Crippen LogP contribution in [0.3, 0.4) is 0 Å². The van der Waals surface area contributed by atoms with Crippen LogP contribution in [0.4, 0.5) is 11.4 Å². The largest absolute Gasteiger partial charge is 0.465 e. The van der Waals surface area contributed by atoms with E-state index < -0.39 is 0 Å². The van der Waals surface area contributed by atoms with Gasteiger partial charge in [-0.05, 0) is 60.8 Å². The van der Waals surface area contributed by atoms with E-state index >= 15 is 0 Å². The fourth-order valence-corrected chi connectivity index (χ4v) is 2.76. The highest BCUT2D eigenvalue weighted by atomic mass is 32.1. The molecule has 0 spiro atoms. The second-order valence-electron chi connectivity index (χ2n) is 4.53. The zero-order chi connectivity index (χ0) is 15.4. The van der Waals surface area contributed by atoms with Gasteiger partial charge in [-0.2, -0.15) is 0 Å². The van der Waals surface area contributed by atoms with Gasteiger partial charge in [0, 0.05) is 5.69 Å². The Balaban J connectivity index is 2.07. The summed E-state index contributed by atoms with van der Waals surface area (Å²) in [5, 5.41) is 8.37. The number of methoxy groups -OCH3 is 1. The number of carbonyl (C=O) groups excluding carboxylic acids is 1. The highest BCUT2D eigenvalue weighted by Gasteiger charge is 2.14. The van der Waals surface area contributed by atoms with E-state index in [2.05, 4.69) is 17.6 Å². The molecule has 0 aliphatic rings. The Kier molecular flexibility index (Phi) is 4.93. The third kappa shape index (κ3) is 3.80. The van der Waals surface area contributed by atoms with Crippen LogP contribution in [0.5, 0.6) is 0 Å². The smallest absolute Gasteiger partial charge is 0.350 e. The van der Waals surface area contributed by atoms with Crippen LogP contribution in [0.25, 0.3) is 0 Å². The first-order valence-corrected chi connectivity index (χ1v) is 7.61. The van der Waals surface area contributed by atoms with Crippen molar-refractivity contribution in [3.63, 3.8) is 0 Å². The van der Waals surface area contributed by atoms with Crippen molar-refractivity contribution in [1.82, 2.24) is 0 Å². The molecule has 0 atom stereocenters. The minimum atomic E-state index is -0.374. The van der Waals surface area contributed by atoms with E-state index in [0.29, 0.717) is 15.7 Å². The van der Waals surface area contributed by atoms with Crippen molar-refractivity contribution in [3.05, 3.63) is 45.6 Å². The van der Waals surface area contributed by atoms with Gasteiger partial charge < -0.3 is 15.4 Å².